The van der Waals surface area contributed by atoms with Crippen LogP contribution in [-0.2, 0) is 4.79 Å². The quantitative estimate of drug-likeness (QED) is 0.110. The number of quaternary nitrogens is 1. The summed E-state index contributed by atoms with van der Waals surface area (Å²) in [6, 6.07) is 0. The molecule has 2 atom stereocenters. The number of allylic oxidation sites excluding steroid dienone is 2. The van der Waals surface area contributed by atoms with Crippen molar-refractivity contribution in [3.05, 3.63) is 24.6 Å². The average molecular weight is 449 g/mol. The Labute approximate surface area is 197 Å². The van der Waals surface area contributed by atoms with Gasteiger partial charge in [0.15, 0.2) is 6.54 Å². The number of hydrogen-bond donors (Lipinski definition) is 2. The second-order valence-corrected chi connectivity index (χ2v) is 9.46. The van der Waals surface area contributed by atoms with Crippen molar-refractivity contribution in [1.82, 2.24) is 0 Å². The Morgan fingerprint density at radius 1 is 0.938 bits per heavy atom. The van der Waals surface area contributed by atoms with Gasteiger partial charge in [0, 0.05) is 13.3 Å². The van der Waals surface area contributed by atoms with E-state index in [0.717, 1.165) is 31.5 Å². The molecule has 1 heterocycles. The van der Waals surface area contributed by atoms with Crippen LogP contribution in [0.4, 0.5) is 0 Å². The smallest absolute Gasteiger partial charge is 0.360 e. The van der Waals surface area contributed by atoms with E-state index in [1.807, 2.05) is 13.1 Å². The highest BCUT2D eigenvalue weighted by Gasteiger charge is 2.40. The molecule has 0 aromatic heterocycles. The highest BCUT2D eigenvalue weighted by molar-refractivity contribution is 5.81. The number of nitrogens with two attached hydrogens (primary N) is 1. The van der Waals surface area contributed by atoms with Crippen LogP contribution < -0.4 is 5.73 Å². The van der Waals surface area contributed by atoms with Crippen molar-refractivity contribution in [2.24, 2.45) is 10.7 Å². The van der Waals surface area contributed by atoms with Crippen LogP contribution in [0.1, 0.15) is 123 Å². The average Bonchev–Trinajstić information content (AvgIpc) is 3.16. The Kier molecular flexibility index (Phi) is 16.1. The number of amidine groups is 1. The summed E-state index contributed by atoms with van der Waals surface area (Å²) in [5, 5.41) is 9.26. The topological polar surface area (TPSA) is 75.7 Å². The van der Waals surface area contributed by atoms with E-state index < -0.39 is 5.97 Å². The molecule has 0 aromatic rings. The van der Waals surface area contributed by atoms with Gasteiger partial charge < -0.3 is 5.11 Å². The SMILES string of the molecule is CCCCCCCCCCCCCC/C=C/CCCCC1=NC=C[N+]1(CC(=O)O)C(C)N. The summed E-state index contributed by atoms with van der Waals surface area (Å²) < 4.78 is 0.157. The maximum absolute atomic E-state index is 11.3. The van der Waals surface area contributed by atoms with Gasteiger partial charge in [0.1, 0.15) is 12.4 Å². The first kappa shape index (κ1) is 28.6. The third kappa shape index (κ3) is 12.0. The van der Waals surface area contributed by atoms with Crippen molar-refractivity contribution in [3.8, 4) is 0 Å². The Morgan fingerprint density at radius 3 is 1.94 bits per heavy atom. The van der Waals surface area contributed by atoms with Crippen LogP contribution in [0.5, 0.6) is 0 Å². The van der Waals surface area contributed by atoms with E-state index in [0.29, 0.717) is 0 Å². The lowest BCUT2D eigenvalue weighted by Crippen LogP contribution is -2.59. The zero-order valence-electron chi connectivity index (χ0n) is 20.9. The normalized spacial score (nSPS) is 19.0. The van der Waals surface area contributed by atoms with Gasteiger partial charge in [-0.3, -0.25) is 5.73 Å². The summed E-state index contributed by atoms with van der Waals surface area (Å²) in [5.41, 5.74) is 6.11. The summed E-state index contributed by atoms with van der Waals surface area (Å²) in [6.45, 7) is 4.10. The minimum Gasteiger partial charge on any atom is -0.477 e. The van der Waals surface area contributed by atoms with Crippen molar-refractivity contribution < 1.29 is 14.4 Å². The maximum atomic E-state index is 11.3. The van der Waals surface area contributed by atoms with Crippen LogP contribution in [0.25, 0.3) is 0 Å². The molecule has 0 spiro atoms. The molecule has 0 saturated carbocycles. The maximum Gasteiger partial charge on any atom is 0.360 e. The summed E-state index contributed by atoms with van der Waals surface area (Å²) in [4.78, 5) is 15.7. The fraction of sp³-hybridized carbons (Fsp3) is 0.778. The van der Waals surface area contributed by atoms with Gasteiger partial charge in [-0.05, 0) is 32.1 Å². The van der Waals surface area contributed by atoms with Crippen molar-refractivity contribution in [2.45, 2.75) is 129 Å². The van der Waals surface area contributed by atoms with Crippen LogP contribution in [-0.4, -0.2) is 34.1 Å². The molecule has 0 bridgehead atoms. The van der Waals surface area contributed by atoms with Crippen molar-refractivity contribution >= 4 is 11.8 Å². The number of carboxylic acids is 1. The van der Waals surface area contributed by atoms with E-state index in [4.69, 9.17) is 5.73 Å². The Hall–Kier alpha value is -1.46. The number of hydrogen-bond acceptors (Lipinski definition) is 3. The third-order valence-corrected chi connectivity index (χ3v) is 6.57. The number of nitrogens with zero attached hydrogens (tertiary/aromatic N) is 2. The van der Waals surface area contributed by atoms with Crippen molar-refractivity contribution in [1.29, 1.82) is 0 Å². The molecule has 5 heteroatoms. The minimum atomic E-state index is -0.845. The molecular weight excluding hydrogens is 398 g/mol. The number of rotatable bonds is 21. The third-order valence-electron chi connectivity index (χ3n) is 6.57. The molecule has 2 unspecified atom stereocenters. The second-order valence-electron chi connectivity index (χ2n) is 9.46. The van der Waals surface area contributed by atoms with Gasteiger partial charge in [0.25, 0.3) is 0 Å². The van der Waals surface area contributed by atoms with Gasteiger partial charge in [-0.1, -0.05) is 89.7 Å². The molecule has 3 N–H and O–H groups in total. The van der Waals surface area contributed by atoms with E-state index in [1.54, 1.807) is 6.20 Å². The molecule has 32 heavy (non-hydrogen) atoms. The number of carboxylic acid groups (broad SMARTS) is 1. The lowest BCUT2D eigenvalue weighted by Gasteiger charge is -2.34. The Balaban J connectivity index is 1.98. The van der Waals surface area contributed by atoms with Gasteiger partial charge in [-0.15, -0.1) is 0 Å². The van der Waals surface area contributed by atoms with Gasteiger partial charge in [0.05, 0.1) is 6.20 Å². The number of unbranched alkanes of at least 4 members (excludes halogenated alkanes) is 14. The fourth-order valence-corrected chi connectivity index (χ4v) is 4.47. The van der Waals surface area contributed by atoms with Crippen molar-refractivity contribution in [2.75, 3.05) is 6.54 Å². The molecule has 5 nitrogen and oxygen atoms in total. The molecule has 1 aliphatic rings. The molecule has 0 aromatic carbocycles. The van der Waals surface area contributed by atoms with E-state index >= 15 is 0 Å². The van der Waals surface area contributed by atoms with E-state index in [-0.39, 0.29) is 17.2 Å². The number of carbonyl (C=O) groups is 1. The summed E-state index contributed by atoms with van der Waals surface area (Å²) in [6.07, 6.45) is 29.8. The largest absolute Gasteiger partial charge is 0.477 e. The molecule has 0 radical (unpaired) electrons. The predicted molar refractivity (Wildman–Crippen MR) is 136 cm³/mol. The molecule has 0 fully saturated rings. The van der Waals surface area contributed by atoms with E-state index in [2.05, 4.69) is 24.1 Å². The highest BCUT2D eigenvalue weighted by Crippen LogP contribution is 2.23. The predicted octanol–water partition coefficient (Wildman–Crippen LogP) is 7.28. The number of aliphatic imine (C=N–C) groups is 1. The molecule has 184 valence electrons. The van der Waals surface area contributed by atoms with Crippen LogP contribution in [0.15, 0.2) is 29.5 Å². The Morgan fingerprint density at radius 2 is 1.44 bits per heavy atom. The summed E-state index contributed by atoms with van der Waals surface area (Å²) in [7, 11) is 0. The Bertz CT molecular complexity index is 583. The van der Waals surface area contributed by atoms with Gasteiger partial charge in [-0.2, -0.15) is 0 Å². The lowest BCUT2D eigenvalue weighted by molar-refractivity contribution is -0.805. The van der Waals surface area contributed by atoms with Gasteiger partial charge in [-0.25, -0.2) is 14.3 Å². The first-order chi connectivity index (χ1) is 15.5. The van der Waals surface area contributed by atoms with Crippen LogP contribution in [0.3, 0.4) is 0 Å². The molecule has 1 aliphatic heterocycles. The summed E-state index contributed by atoms with van der Waals surface area (Å²) >= 11 is 0. The van der Waals surface area contributed by atoms with E-state index in [1.165, 1.54) is 83.5 Å². The van der Waals surface area contributed by atoms with Gasteiger partial charge in [0.2, 0.25) is 5.84 Å². The van der Waals surface area contributed by atoms with Crippen LogP contribution in [0.2, 0.25) is 0 Å². The molecule has 0 aliphatic carbocycles. The zero-order chi connectivity index (χ0) is 23.5. The first-order valence-electron chi connectivity index (χ1n) is 13.3. The molecule has 0 amide bonds. The minimum absolute atomic E-state index is 0.0358. The molecule has 1 rings (SSSR count). The van der Waals surface area contributed by atoms with Crippen LogP contribution >= 0.6 is 0 Å². The molecular formula is C27H50N3O2+. The van der Waals surface area contributed by atoms with E-state index in [9.17, 15) is 9.90 Å². The zero-order valence-corrected chi connectivity index (χ0v) is 20.9. The highest BCUT2D eigenvalue weighted by atomic mass is 16.4. The summed E-state index contributed by atoms with van der Waals surface area (Å²) in [5.74, 6) is 0.0326. The van der Waals surface area contributed by atoms with Gasteiger partial charge >= 0.3 is 5.97 Å². The second kappa shape index (κ2) is 18.0. The fourth-order valence-electron chi connectivity index (χ4n) is 4.47. The van der Waals surface area contributed by atoms with Crippen LogP contribution in [0, 0.1) is 0 Å². The molecule has 0 saturated heterocycles. The van der Waals surface area contributed by atoms with Crippen molar-refractivity contribution in [3.63, 3.8) is 0 Å². The number of aliphatic carboxylic acids is 1. The monoisotopic (exact) mass is 448 g/mol. The standard InChI is InChI=1S/C27H49N3O2/c1-3-4-5-6-7-8-9-10-11-12-13-14-15-16-17-18-19-20-21-26-29-22-23-30(26,25(2)28)24-27(31)32/h16-17,22-23,25H,3-15,18-21,24,28H2,1-2H3/p+1/b17-16+. The first-order valence-corrected chi connectivity index (χ1v) is 13.3. The lowest BCUT2D eigenvalue weighted by atomic mass is 10.0.